The normalized spacial score (nSPS) is 15.0. The number of amides is 1. The molecule has 0 bridgehead atoms. The fraction of sp³-hybridized carbons (Fsp3) is 0.438. The maximum absolute atomic E-state index is 12.1. The average molecular weight is 317 g/mol. The van der Waals surface area contributed by atoms with Gasteiger partial charge in [-0.1, -0.05) is 12.8 Å². The van der Waals surface area contributed by atoms with Gasteiger partial charge in [-0.2, -0.15) is 8.75 Å². The standard InChI is InChI=1S/C16H19N3O2S/c1-11-15(19-22-18-11)10-21-14-8-6-12(7-9-14)16(20)17-13-4-2-3-5-13/h6-9,13H,2-5,10H2,1H3,(H,17,20). The number of carbonyl (C=O) groups is 1. The molecule has 5 nitrogen and oxygen atoms in total. The van der Waals surface area contributed by atoms with Crippen LogP contribution in [-0.2, 0) is 6.61 Å². The zero-order valence-corrected chi connectivity index (χ0v) is 13.4. The summed E-state index contributed by atoms with van der Waals surface area (Å²) in [7, 11) is 0. The number of ether oxygens (including phenoxy) is 1. The minimum atomic E-state index is -0.00186. The van der Waals surface area contributed by atoms with Crippen LogP contribution in [0.4, 0.5) is 0 Å². The Balaban J connectivity index is 1.55. The number of benzene rings is 1. The predicted octanol–water partition coefficient (Wildman–Crippen LogP) is 3.10. The van der Waals surface area contributed by atoms with Crippen LogP contribution in [0, 0.1) is 6.92 Å². The Labute approximate surface area is 134 Å². The lowest BCUT2D eigenvalue weighted by Crippen LogP contribution is -2.32. The quantitative estimate of drug-likeness (QED) is 0.920. The molecule has 1 aliphatic carbocycles. The third-order valence-electron chi connectivity index (χ3n) is 3.93. The lowest BCUT2D eigenvalue weighted by atomic mass is 10.1. The van der Waals surface area contributed by atoms with Crippen molar-refractivity contribution in [2.75, 3.05) is 0 Å². The molecule has 1 aromatic carbocycles. The van der Waals surface area contributed by atoms with Crippen molar-refractivity contribution in [3.05, 3.63) is 41.2 Å². The van der Waals surface area contributed by atoms with Gasteiger partial charge in [-0.05, 0) is 44.0 Å². The molecule has 0 aliphatic heterocycles. The van der Waals surface area contributed by atoms with Crippen LogP contribution < -0.4 is 10.1 Å². The van der Waals surface area contributed by atoms with E-state index in [9.17, 15) is 4.79 Å². The van der Waals surface area contributed by atoms with E-state index in [0.717, 1.165) is 30.0 Å². The van der Waals surface area contributed by atoms with Gasteiger partial charge in [0.2, 0.25) is 0 Å². The molecule has 1 fully saturated rings. The largest absolute Gasteiger partial charge is 0.487 e. The lowest BCUT2D eigenvalue weighted by Gasteiger charge is -2.12. The predicted molar refractivity (Wildman–Crippen MR) is 85.1 cm³/mol. The van der Waals surface area contributed by atoms with Crippen LogP contribution in [0.15, 0.2) is 24.3 Å². The number of aromatic nitrogens is 2. The number of carbonyl (C=O) groups excluding carboxylic acids is 1. The highest BCUT2D eigenvalue weighted by Gasteiger charge is 2.17. The van der Waals surface area contributed by atoms with E-state index in [1.165, 1.54) is 24.6 Å². The minimum Gasteiger partial charge on any atom is -0.487 e. The molecule has 3 rings (SSSR count). The summed E-state index contributed by atoms with van der Waals surface area (Å²) in [4.78, 5) is 12.1. The maximum Gasteiger partial charge on any atom is 0.251 e. The summed E-state index contributed by atoms with van der Waals surface area (Å²) in [6, 6.07) is 7.57. The highest BCUT2D eigenvalue weighted by Crippen LogP contribution is 2.19. The molecule has 0 radical (unpaired) electrons. The van der Waals surface area contributed by atoms with Crippen molar-refractivity contribution >= 4 is 17.6 Å². The highest BCUT2D eigenvalue weighted by atomic mass is 32.1. The Morgan fingerprint density at radius 2 is 2.00 bits per heavy atom. The monoisotopic (exact) mass is 317 g/mol. The first-order valence-corrected chi connectivity index (χ1v) is 8.27. The molecule has 0 unspecified atom stereocenters. The van der Waals surface area contributed by atoms with Crippen LogP contribution in [0.3, 0.4) is 0 Å². The smallest absolute Gasteiger partial charge is 0.251 e. The summed E-state index contributed by atoms with van der Waals surface area (Å²) in [6.07, 6.45) is 4.60. The van der Waals surface area contributed by atoms with Gasteiger partial charge in [0.05, 0.1) is 17.4 Å². The summed E-state index contributed by atoms with van der Waals surface area (Å²) >= 11 is 1.19. The van der Waals surface area contributed by atoms with Gasteiger partial charge >= 0.3 is 0 Å². The van der Waals surface area contributed by atoms with Crippen LogP contribution in [0.5, 0.6) is 5.75 Å². The molecule has 22 heavy (non-hydrogen) atoms. The second-order valence-corrected chi connectivity index (χ2v) is 6.09. The highest BCUT2D eigenvalue weighted by molar-refractivity contribution is 6.99. The van der Waals surface area contributed by atoms with Gasteiger partial charge in [0.25, 0.3) is 5.91 Å². The number of nitrogens with one attached hydrogen (secondary N) is 1. The van der Waals surface area contributed by atoms with E-state index in [2.05, 4.69) is 14.1 Å². The van der Waals surface area contributed by atoms with Crippen molar-refractivity contribution in [2.24, 2.45) is 0 Å². The minimum absolute atomic E-state index is 0.00186. The summed E-state index contributed by atoms with van der Waals surface area (Å²) in [5.74, 6) is 0.725. The fourth-order valence-corrected chi connectivity index (χ4v) is 3.13. The molecular formula is C16H19N3O2S. The maximum atomic E-state index is 12.1. The van der Waals surface area contributed by atoms with Crippen molar-refractivity contribution < 1.29 is 9.53 Å². The van der Waals surface area contributed by atoms with E-state index in [-0.39, 0.29) is 5.91 Å². The number of aryl methyl sites for hydroxylation is 1. The van der Waals surface area contributed by atoms with Gasteiger partial charge in [0, 0.05) is 11.6 Å². The molecule has 0 saturated heterocycles. The second kappa shape index (κ2) is 6.87. The molecular weight excluding hydrogens is 298 g/mol. The van der Waals surface area contributed by atoms with Crippen molar-refractivity contribution in [1.29, 1.82) is 0 Å². The molecule has 0 spiro atoms. The third kappa shape index (κ3) is 3.62. The average Bonchev–Trinajstić information content (AvgIpc) is 3.17. The van der Waals surface area contributed by atoms with E-state index in [1.54, 1.807) is 12.1 Å². The Morgan fingerprint density at radius 3 is 2.64 bits per heavy atom. The van der Waals surface area contributed by atoms with Crippen LogP contribution in [-0.4, -0.2) is 20.7 Å². The van der Waals surface area contributed by atoms with Crippen LogP contribution in [0.2, 0.25) is 0 Å². The van der Waals surface area contributed by atoms with Gasteiger partial charge in [0.15, 0.2) is 0 Å². The van der Waals surface area contributed by atoms with Crippen LogP contribution >= 0.6 is 11.7 Å². The van der Waals surface area contributed by atoms with Crippen LogP contribution in [0.25, 0.3) is 0 Å². The lowest BCUT2D eigenvalue weighted by molar-refractivity contribution is 0.0938. The Morgan fingerprint density at radius 1 is 1.27 bits per heavy atom. The molecule has 1 aliphatic rings. The van der Waals surface area contributed by atoms with Gasteiger partial charge in [-0.3, -0.25) is 4.79 Å². The van der Waals surface area contributed by atoms with E-state index in [0.29, 0.717) is 18.2 Å². The molecule has 1 saturated carbocycles. The van der Waals surface area contributed by atoms with Crippen molar-refractivity contribution in [2.45, 2.75) is 45.3 Å². The van der Waals surface area contributed by atoms with E-state index < -0.39 is 0 Å². The molecule has 6 heteroatoms. The van der Waals surface area contributed by atoms with E-state index in [4.69, 9.17) is 4.74 Å². The van der Waals surface area contributed by atoms with Gasteiger partial charge in [0.1, 0.15) is 18.1 Å². The molecule has 116 valence electrons. The van der Waals surface area contributed by atoms with Crippen molar-refractivity contribution in [3.8, 4) is 5.75 Å². The first-order chi connectivity index (χ1) is 10.7. The number of hydrogen-bond acceptors (Lipinski definition) is 5. The van der Waals surface area contributed by atoms with Gasteiger partial charge in [-0.15, -0.1) is 0 Å². The topological polar surface area (TPSA) is 64.1 Å². The Hall–Kier alpha value is -1.95. The first-order valence-electron chi connectivity index (χ1n) is 7.54. The summed E-state index contributed by atoms with van der Waals surface area (Å²) in [6.45, 7) is 2.31. The fourth-order valence-electron chi connectivity index (χ4n) is 2.57. The zero-order chi connectivity index (χ0) is 15.4. The van der Waals surface area contributed by atoms with Gasteiger partial charge in [-0.25, -0.2) is 0 Å². The zero-order valence-electron chi connectivity index (χ0n) is 12.5. The summed E-state index contributed by atoms with van der Waals surface area (Å²) in [5.41, 5.74) is 2.43. The molecule has 1 N–H and O–H groups in total. The van der Waals surface area contributed by atoms with Crippen molar-refractivity contribution in [3.63, 3.8) is 0 Å². The summed E-state index contributed by atoms with van der Waals surface area (Å²) < 4.78 is 14.0. The number of rotatable bonds is 5. The molecule has 0 atom stereocenters. The second-order valence-electron chi connectivity index (χ2n) is 5.56. The van der Waals surface area contributed by atoms with E-state index >= 15 is 0 Å². The molecule has 2 aromatic rings. The van der Waals surface area contributed by atoms with Crippen LogP contribution in [0.1, 0.15) is 47.4 Å². The first kappa shape index (κ1) is 15.0. The van der Waals surface area contributed by atoms with Gasteiger partial charge < -0.3 is 10.1 Å². The Bertz CT molecular complexity index is 633. The number of hydrogen-bond donors (Lipinski definition) is 1. The molecule has 1 amide bonds. The molecule has 1 heterocycles. The Kier molecular flexibility index (Phi) is 4.68. The van der Waals surface area contributed by atoms with E-state index in [1.807, 2.05) is 19.1 Å². The summed E-state index contributed by atoms with van der Waals surface area (Å²) in [5, 5.41) is 3.08. The number of nitrogens with zero attached hydrogens (tertiary/aromatic N) is 2. The van der Waals surface area contributed by atoms with Crippen molar-refractivity contribution in [1.82, 2.24) is 14.1 Å². The SMILES string of the molecule is Cc1nsnc1COc1ccc(C(=O)NC2CCCC2)cc1. The molecule has 1 aromatic heterocycles. The third-order valence-corrected chi connectivity index (χ3v) is 4.59.